The van der Waals surface area contributed by atoms with Crippen LogP contribution in [0.2, 0.25) is 5.15 Å². The molecule has 1 heterocycles. The normalized spacial score (nSPS) is 16.2. The Morgan fingerprint density at radius 2 is 2.23 bits per heavy atom. The van der Waals surface area contributed by atoms with Crippen LogP contribution in [0.3, 0.4) is 0 Å². The summed E-state index contributed by atoms with van der Waals surface area (Å²) < 4.78 is 22.3. The van der Waals surface area contributed by atoms with E-state index in [-0.39, 0.29) is 5.41 Å². The fourth-order valence-electron chi connectivity index (χ4n) is 1.19. The molecule has 0 N–H and O–H groups in total. The highest BCUT2D eigenvalue weighted by molar-refractivity contribution is 6.29. The molecule has 0 fully saturated rings. The standard InChI is InChI=1S/C11H16ClN/c1-8-7-13-10(12)5-9(8)6-11(2,3)4/h5,7H,6H2,1-4H3/i1D3. The van der Waals surface area contributed by atoms with E-state index in [1.165, 1.54) is 6.20 Å². The van der Waals surface area contributed by atoms with Crippen molar-refractivity contribution < 1.29 is 4.11 Å². The van der Waals surface area contributed by atoms with Crippen LogP contribution in [-0.2, 0) is 6.42 Å². The molecule has 1 aromatic rings. The highest BCUT2D eigenvalue weighted by Crippen LogP contribution is 2.23. The zero-order valence-electron chi connectivity index (χ0n) is 11.2. The van der Waals surface area contributed by atoms with Crippen LogP contribution in [0.4, 0.5) is 0 Å². The average molecular weight is 201 g/mol. The molecule has 0 radical (unpaired) electrons. The summed E-state index contributed by atoms with van der Waals surface area (Å²) in [7, 11) is 0. The van der Waals surface area contributed by atoms with E-state index in [1.807, 2.05) is 0 Å². The van der Waals surface area contributed by atoms with Gasteiger partial charge in [0.25, 0.3) is 0 Å². The van der Waals surface area contributed by atoms with Gasteiger partial charge in [0.2, 0.25) is 0 Å². The fourth-order valence-corrected chi connectivity index (χ4v) is 1.37. The molecule has 0 aliphatic rings. The van der Waals surface area contributed by atoms with Crippen molar-refractivity contribution in [3.63, 3.8) is 0 Å². The number of halogens is 1. The molecular weight excluding hydrogens is 182 g/mol. The van der Waals surface area contributed by atoms with Gasteiger partial charge in [0, 0.05) is 10.3 Å². The number of rotatable bonds is 1. The van der Waals surface area contributed by atoms with Gasteiger partial charge in [-0.15, -0.1) is 0 Å². The van der Waals surface area contributed by atoms with Crippen LogP contribution in [0, 0.1) is 12.3 Å². The Kier molecular flexibility index (Phi) is 1.93. The summed E-state index contributed by atoms with van der Waals surface area (Å²) in [4.78, 5) is 3.84. The number of pyridine rings is 1. The number of hydrogen-bond donors (Lipinski definition) is 0. The zero-order valence-corrected chi connectivity index (χ0v) is 8.94. The second kappa shape index (κ2) is 3.67. The van der Waals surface area contributed by atoms with Gasteiger partial charge in [-0.25, -0.2) is 4.98 Å². The maximum Gasteiger partial charge on any atom is 0.129 e. The molecule has 0 saturated carbocycles. The van der Waals surface area contributed by atoms with Gasteiger partial charge in [0.15, 0.2) is 0 Å². The van der Waals surface area contributed by atoms with Gasteiger partial charge in [-0.05, 0) is 35.9 Å². The van der Waals surface area contributed by atoms with Gasteiger partial charge in [0.1, 0.15) is 5.15 Å². The maximum absolute atomic E-state index is 7.44. The molecule has 0 aromatic carbocycles. The van der Waals surface area contributed by atoms with Crippen molar-refractivity contribution in [1.29, 1.82) is 0 Å². The van der Waals surface area contributed by atoms with Crippen molar-refractivity contribution >= 4 is 11.6 Å². The Balaban J connectivity index is 3.19. The Hall–Kier alpha value is -0.560. The van der Waals surface area contributed by atoms with Crippen molar-refractivity contribution in [1.82, 2.24) is 4.98 Å². The van der Waals surface area contributed by atoms with Crippen LogP contribution in [-0.4, -0.2) is 4.98 Å². The summed E-state index contributed by atoms with van der Waals surface area (Å²) in [5, 5.41) is 0.340. The second-order valence-corrected chi connectivity index (χ2v) is 4.79. The van der Waals surface area contributed by atoms with Crippen molar-refractivity contribution in [2.45, 2.75) is 34.0 Å². The molecule has 13 heavy (non-hydrogen) atoms. The van der Waals surface area contributed by atoms with E-state index < -0.39 is 6.85 Å². The lowest BCUT2D eigenvalue weighted by Crippen LogP contribution is -2.10. The van der Waals surface area contributed by atoms with E-state index in [2.05, 4.69) is 25.8 Å². The van der Waals surface area contributed by atoms with Gasteiger partial charge >= 0.3 is 0 Å². The molecule has 0 amide bonds. The second-order valence-electron chi connectivity index (χ2n) is 4.40. The molecule has 0 unspecified atom stereocenters. The number of hydrogen-bond acceptors (Lipinski definition) is 1. The van der Waals surface area contributed by atoms with Gasteiger partial charge in [-0.3, -0.25) is 0 Å². The summed E-state index contributed by atoms with van der Waals surface area (Å²) in [6, 6.07) is 1.65. The minimum atomic E-state index is -2.13. The number of aryl methyl sites for hydroxylation is 1. The number of nitrogens with zero attached hydrogens (tertiary/aromatic N) is 1. The van der Waals surface area contributed by atoms with Crippen molar-refractivity contribution in [3.05, 3.63) is 28.5 Å². The molecule has 0 saturated heterocycles. The van der Waals surface area contributed by atoms with E-state index in [9.17, 15) is 0 Å². The molecule has 1 nitrogen and oxygen atoms in total. The molecule has 0 atom stereocenters. The lowest BCUT2D eigenvalue weighted by atomic mass is 9.87. The average Bonchev–Trinajstić information content (AvgIpc) is 1.97. The molecule has 1 aromatic heterocycles. The topological polar surface area (TPSA) is 12.9 Å². The van der Waals surface area contributed by atoms with E-state index in [1.54, 1.807) is 6.07 Å². The van der Waals surface area contributed by atoms with E-state index in [0.717, 1.165) is 5.56 Å². The summed E-state index contributed by atoms with van der Waals surface area (Å²) >= 11 is 5.80. The highest BCUT2D eigenvalue weighted by Gasteiger charge is 2.13. The fraction of sp³-hybridized carbons (Fsp3) is 0.545. The third-order valence-corrected chi connectivity index (χ3v) is 1.88. The molecule has 0 bridgehead atoms. The third kappa shape index (κ3) is 3.35. The Labute approximate surface area is 89.4 Å². The molecular formula is C11H16ClN. The summed E-state index contributed by atoms with van der Waals surface area (Å²) in [5.41, 5.74) is 1.07. The van der Waals surface area contributed by atoms with Gasteiger partial charge < -0.3 is 0 Å². The molecule has 0 spiro atoms. The SMILES string of the molecule is [2H]C([2H])([2H])c1cnc(Cl)cc1CC(C)(C)C. The van der Waals surface area contributed by atoms with Crippen LogP contribution >= 0.6 is 11.6 Å². The van der Waals surface area contributed by atoms with Gasteiger partial charge in [-0.1, -0.05) is 32.4 Å². The maximum atomic E-state index is 7.44. The first-order chi connectivity index (χ1) is 7.09. The Morgan fingerprint density at radius 3 is 2.77 bits per heavy atom. The predicted octanol–water partition coefficient (Wildman–Crippen LogP) is 3.63. The summed E-state index contributed by atoms with van der Waals surface area (Å²) in [6.07, 6.45) is 2.03. The van der Waals surface area contributed by atoms with E-state index in [4.69, 9.17) is 15.7 Å². The van der Waals surface area contributed by atoms with Gasteiger partial charge in [0.05, 0.1) is 0 Å². The van der Waals surface area contributed by atoms with Crippen LogP contribution in [0.1, 0.15) is 36.0 Å². The van der Waals surface area contributed by atoms with Gasteiger partial charge in [-0.2, -0.15) is 0 Å². The molecule has 2 heteroatoms. The van der Waals surface area contributed by atoms with E-state index in [0.29, 0.717) is 17.1 Å². The molecule has 72 valence electrons. The smallest absolute Gasteiger partial charge is 0.129 e. The molecule has 0 aliphatic carbocycles. The number of aromatic nitrogens is 1. The van der Waals surface area contributed by atoms with Crippen molar-refractivity contribution in [3.8, 4) is 0 Å². The third-order valence-electron chi connectivity index (χ3n) is 1.68. The quantitative estimate of drug-likeness (QED) is 0.631. The summed E-state index contributed by atoms with van der Waals surface area (Å²) in [5.74, 6) is 0. The molecule has 0 aliphatic heterocycles. The summed E-state index contributed by atoms with van der Waals surface area (Å²) in [6.45, 7) is 4.05. The minimum Gasteiger partial charge on any atom is -0.244 e. The first-order valence-electron chi connectivity index (χ1n) is 5.74. The predicted molar refractivity (Wildman–Crippen MR) is 57.1 cm³/mol. The Bertz CT molecular complexity index is 380. The van der Waals surface area contributed by atoms with Crippen LogP contribution in [0.5, 0.6) is 0 Å². The zero-order chi connectivity index (χ0) is 12.6. The largest absolute Gasteiger partial charge is 0.244 e. The highest BCUT2D eigenvalue weighted by atomic mass is 35.5. The van der Waals surface area contributed by atoms with Crippen molar-refractivity contribution in [2.24, 2.45) is 5.41 Å². The van der Waals surface area contributed by atoms with E-state index >= 15 is 0 Å². The van der Waals surface area contributed by atoms with Crippen LogP contribution in [0.25, 0.3) is 0 Å². The minimum absolute atomic E-state index is 0.0185. The van der Waals surface area contributed by atoms with Crippen LogP contribution in [0.15, 0.2) is 12.3 Å². The first kappa shape index (κ1) is 6.83. The first-order valence-corrected chi connectivity index (χ1v) is 4.62. The monoisotopic (exact) mass is 200 g/mol. The molecule has 1 rings (SSSR count). The van der Waals surface area contributed by atoms with Crippen LogP contribution < -0.4 is 0 Å². The van der Waals surface area contributed by atoms with Crippen molar-refractivity contribution in [2.75, 3.05) is 0 Å². The lowest BCUT2D eigenvalue weighted by Gasteiger charge is -2.19. The Morgan fingerprint density at radius 1 is 1.54 bits per heavy atom. The lowest BCUT2D eigenvalue weighted by molar-refractivity contribution is 0.410.